The van der Waals surface area contributed by atoms with Gasteiger partial charge >= 0.3 is 11.9 Å². The van der Waals surface area contributed by atoms with Gasteiger partial charge in [-0.1, -0.05) is 65.1 Å². The van der Waals surface area contributed by atoms with E-state index in [9.17, 15) is 14.4 Å². The Morgan fingerprint density at radius 2 is 1.69 bits per heavy atom. The van der Waals surface area contributed by atoms with Crippen molar-refractivity contribution >= 4 is 29.4 Å². The second-order valence-corrected chi connectivity index (χ2v) is 9.55. The van der Waals surface area contributed by atoms with Crippen LogP contribution < -0.4 is 14.9 Å². The van der Waals surface area contributed by atoms with Crippen molar-refractivity contribution in [2.75, 3.05) is 13.2 Å². The van der Waals surface area contributed by atoms with Crippen molar-refractivity contribution in [3.63, 3.8) is 0 Å². The van der Waals surface area contributed by atoms with Crippen LogP contribution >= 0.6 is 11.3 Å². The normalized spacial score (nSPS) is 15.1. The van der Waals surface area contributed by atoms with Gasteiger partial charge in [-0.05, 0) is 38.5 Å². The molecule has 1 aliphatic rings. The first kappa shape index (κ1) is 26.0. The van der Waals surface area contributed by atoms with E-state index in [2.05, 4.69) is 15.3 Å². The smallest absolute Gasteiger partial charge is 0.360 e. The Morgan fingerprint density at radius 3 is 2.44 bits per heavy atom. The van der Waals surface area contributed by atoms with Crippen molar-refractivity contribution in [3.8, 4) is 5.69 Å². The van der Waals surface area contributed by atoms with Crippen LogP contribution in [0.2, 0.25) is 0 Å². The monoisotopic (exact) mass is 543 g/mol. The molecule has 0 fully saturated rings. The Labute approximate surface area is 227 Å². The first-order valence-corrected chi connectivity index (χ1v) is 13.2. The summed E-state index contributed by atoms with van der Waals surface area (Å²) in [5.74, 6) is -1.07. The third-order valence-electron chi connectivity index (χ3n) is 6.08. The predicted molar refractivity (Wildman–Crippen MR) is 144 cm³/mol. The third-order valence-corrected chi connectivity index (χ3v) is 7.06. The summed E-state index contributed by atoms with van der Waals surface area (Å²) in [7, 11) is 0. The van der Waals surface area contributed by atoms with Gasteiger partial charge in [-0.3, -0.25) is 9.36 Å². The summed E-state index contributed by atoms with van der Waals surface area (Å²) in [6, 6.07) is 16.0. The van der Waals surface area contributed by atoms with Crippen LogP contribution in [0.4, 0.5) is 0 Å². The Bertz CT molecular complexity index is 1770. The standard InChI is InChI=1S/C28H25N5O5S/c1-4-37-26(35)20-16-32(31-30-20)21-14-10-9-13-19(21)15-22-25(34)33-24(18-11-7-6-8-12-18)23(27(36)38-5-2)17(3)29-28(33)39-22/h6-16,24H,4-5H2,1-3H3/b22-15-. The van der Waals surface area contributed by atoms with E-state index in [4.69, 9.17) is 9.47 Å². The van der Waals surface area contributed by atoms with Crippen molar-refractivity contribution in [2.45, 2.75) is 26.8 Å². The maximum Gasteiger partial charge on any atom is 0.360 e. The molecule has 0 N–H and O–H groups in total. The van der Waals surface area contributed by atoms with Crippen molar-refractivity contribution in [1.29, 1.82) is 0 Å². The van der Waals surface area contributed by atoms with Crippen molar-refractivity contribution in [3.05, 3.63) is 109 Å². The lowest BCUT2D eigenvalue weighted by Gasteiger charge is -2.24. The van der Waals surface area contributed by atoms with E-state index in [-0.39, 0.29) is 24.5 Å². The van der Waals surface area contributed by atoms with Crippen LogP contribution in [-0.4, -0.2) is 44.7 Å². The Balaban J connectivity index is 1.65. The molecule has 1 unspecified atom stereocenters. The molecule has 11 heteroatoms. The maximum atomic E-state index is 13.9. The van der Waals surface area contributed by atoms with E-state index in [1.54, 1.807) is 31.4 Å². The number of carbonyl (C=O) groups is 2. The fourth-order valence-corrected chi connectivity index (χ4v) is 5.42. The highest BCUT2D eigenvalue weighted by atomic mass is 32.1. The summed E-state index contributed by atoms with van der Waals surface area (Å²) in [6.45, 7) is 5.64. The summed E-state index contributed by atoms with van der Waals surface area (Å²) >= 11 is 1.23. The minimum Gasteiger partial charge on any atom is -0.463 e. The molecule has 0 aliphatic carbocycles. The highest BCUT2D eigenvalue weighted by Gasteiger charge is 2.33. The summed E-state index contributed by atoms with van der Waals surface area (Å²) in [4.78, 5) is 44.0. The van der Waals surface area contributed by atoms with E-state index in [1.807, 2.05) is 54.6 Å². The molecule has 0 amide bonds. The van der Waals surface area contributed by atoms with Gasteiger partial charge in [0, 0.05) is 5.56 Å². The zero-order chi connectivity index (χ0) is 27.5. The second-order valence-electron chi connectivity index (χ2n) is 8.54. The summed E-state index contributed by atoms with van der Waals surface area (Å²) < 4.78 is 13.8. The van der Waals surface area contributed by atoms with Crippen molar-refractivity contribution < 1.29 is 19.1 Å². The molecule has 0 saturated carbocycles. The molecule has 10 nitrogen and oxygen atoms in total. The molecule has 3 heterocycles. The van der Waals surface area contributed by atoms with Crippen LogP contribution in [-0.2, 0) is 14.3 Å². The average Bonchev–Trinajstić information content (AvgIpc) is 3.54. The van der Waals surface area contributed by atoms with Gasteiger partial charge in [0.2, 0.25) is 0 Å². The first-order valence-electron chi connectivity index (χ1n) is 12.4. The summed E-state index contributed by atoms with van der Waals surface area (Å²) in [5, 5.41) is 8.00. The number of esters is 2. The largest absolute Gasteiger partial charge is 0.463 e. The van der Waals surface area contributed by atoms with Crippen molar-refractivity contribution in [2.24, 2.45) is 4.99 Å². The number of rotatable bonds is 7. The molecule has 4 aromatic rings. The number of para-hydroxylation sites is 1. The topological polar surface area (TPSA) is 118 Å². The van der Waals surface area contributed by atoms with Crippen LogP contribution in [0.3, 0.4) is 0 Å². The van der Waals surface area contributed by atoms with Crippen LogP contribution in [0.1, 0.15) is 48.4 Å². The molecule has 0 saturated heterocycles. The highest BCUT2D eigenvalue weighted by Crippen LogP contribution is 2.30. The van der Waals surface area contributed by atoms with E-state index < -0.39 is 18.0 Å². The van der Waals surface area contributed by atoms with Crippen LogP contribution in [0.5, 0.6) is 0 Å². The average molecular weight is 544 g/mol. The number of hydrogen-bond donors (Lipinski definition) is 0. The quantitative estimate of drug-likeness (QED) is 0.329. The van der Waals surface area contributed by atoms with Gasteiger partial charge in [-0.25, -0.2) is 19.3 Å². The number of nitrogens with zero attached hydrogens (tertiary/aromatic N) is 5. The zero-order valence-corrected chi connectivity index (χ0v) is 22.3. The zero-order valence-electron chi connectivity index (χ0n) is 21.5. The number of fused-ring (bicyclic) bond motifs is 1. The van der Waals surface area contributed by atoms with Crippen LogP contribution in [0, 0.1) is 0 Å². The Hall–Kier alpha value is -4.64. The lowest BCUT2D eigenvalue weighted by Crippen LogP contribution is -2.39. The van der Waals surface area contributed by atoms with E-state index in [1.165, 1.54) is 22.2 Å². The van der Waals surface area contributed by atoms with Gasteiger partial charge in [0.1, 0.15) is 0 Å². The van der Waals surface area contributed by atoms with E-state index in [0.29, 0.717) is 31.9 Å². The predicted octanol–water partition coefficient (Wildman–Crippen LogP) is 2.56. The van der Waals surface area contributed by atoms with E-state index >= 15 is 0 Å². The molecule has 2 aromatic carbocycles. The first-order chi connectivity index (χ1) is 18.9. The number of allylic oxidation sites excluding steroid dienone is 1. The highest BCUT2D eigenvalue weighted by molar-refractivity contribution is 7.07. The van der Waals surface area contributed by atoms with Gasteiger partial charge in [-0.15, -0.1) is 5.10 Å². The third kappa shape index (κ3) is 4.96. The van der Waals surface area contributed by atoms with Crippen LogP contribution in [0.15, 0.2) is 81.9 Å². The Morgan fingerprint density at radius 1 is 1.00 bits per heavy atom. The molecule has 39 heavy (non-hydrogen) atoms. The summed E-state index contributed by atoms with van der Waals surface area (Å²) in [5.41, 5.74) is 2.70. The molecule has 5 rings (SSSR count). The second kappa shape index (κ2) is 11.0. The van der Waals surface area contributed by atoms with Gasteiger partial charge in [-0.2, -0.15) is 0 Å². The number of thiazole rings is 1. The van der Waals surface area contributed by atoms with E-state index in [0.717, 1.165) is 5.56 Å². The van der Waals surface area contributed by atoms with Gasteiger partial charge in [0.25, 0.3) is 5.56 Å². The Kier molecular flexibility index (Phi) is 7.33. The number of hydrogen-bond acceptors (Lipinski definition) is 9. The molecule has 2 aromatic heterocycles. The molecular weight excluding hydrogens is 518 g/mol. The number of aromatic nitrogens is 4. The number of ether oxygens (including phenoxy) is 2. The lowest BCUT2D eigenvalue weighted by molar-refractivity contribution is -0.139. The molecule has 1 aliphatic heterocycles. The van der Waals surface area contributed by atoms with Gasteiger partial charge in [0.15, 0.2) is 10.5 Å². The minimum atomic E-state index is -0.679. The molecule has 0 bridgehead atoms. The molecule has 0 spiro atoms. The van der Waals surface area contributed by atoms with Gasteiger partial charge < -0.3 is 9.47 Å². The van der Waals surface area contributed by atoms with Gasteiger partial charge in [0.05, 0.1) is 46.9 Å². The summed E-state index contributed by atoms with van der Waals surface area (Å²) in [6.07, 6.45) is 3.23. The molecule has 1 atom stereocenters. The molecule has 0 radical (unpaired) electrons. The van der Waals surface area contributed by atoms with Crippen molar-refractivity contribution in [1.82, 2.24) is 19.6 Å². The minimum absolute atomic E-state index is 0.0795. The SMILES string of the molecule is CCOC(=O)C1=C(C)N=c2s/c(=C\c3ccccc3-n3cc(C(=O)OCC)nn3)c(=O)n2C1c1ccccc1. The number of carbonyl (C=O) groups excluding carboxylic acids is 2. The molecule has 198 valence electrons. The fraction of sp³-hybridized carbons (Fsp3) is 0.214. The molecular formula is C28H25N5O5S. The fourth-order valence-electron chi connectivity index (χ4n) is 4.38. The lowest BCUT2D eigenvalue weighted by atomic mass is 9.96. The van der Waals surface area contributed by atoms with Crippen LogP contribution in [0.25, 0.3) is 11.8 Å². The maximum absolute atomic E-state index is 13.9. The number of benzene rings is 2.